The summed E-state index contributed by atoms with van der Waals surface area (Å²) in [6, 6.07) is 0. The van der Waals surface area contributed by atoms with E-state index in [1.807, 2.05) is 18.0 Å². The molecule has 0 aromatic carbocycles. The highest BCUT2D eigenvalue weighted by Crippen LogP contribution is 2.34. The minimum atomic E-state index is 0.471. The van der Waals surface area contributed by atoms with Crippen LogP contribution in [0.2, 0.25) is 0 Å². The maximum Gasteiger partial charge on any atom is 0.115 e. The van der Waals surface area contributed by atoms with E-state index in [1.54, 1.807) is 6.20 Å². The maximum atomic E-state index is 5.49. The van der Waals surface area contributed by atoms with Crippen molar-refractivity contribution in [3.63, 3.8) is 0 Å². The summed E-state index contributed by atoms with van der Waals surface area (Å²) in [7, 11) is 0. The van der Waals surface area contributed by atoms with Crippen LogP contribution in [0.1, 0.15) is 38.3 Å². The first-order valence-corrected chi connectivity index (χ1v) is 6.83. The van der Waals surface area contributed by atoms with E-state index in [2.05, 4.69) is 16.9 Å². The van der Waals surface area contributed by atoms with Crippen LogP contribution >= 0.6 is 11.8 Å². The van der Waals surface area contributed by atoms with Crippen molar-refractivity contribution in [2.75, 3.05) is 0 Å². The van der Waals surface area contributed by atoms with Crippen LogP contribution < -0.4 is 5.73 Å². The molecule has 1 aliphatic rings. The Balaban J connectivity index is 1.92. The van der Waals surface area contributed by atoms with Crippen molar-refractivity contribution >= 4 is 11.8 Å². The van der Waals surface area contributed by atoms with E-state index in [4.69, 9.17) is 5.73 Å². The Bertz CT molecular complexity index is 326. The van der Waals surface area contributed by atoms with Crippen molar-refractivity contribution in [1.29, 1.82) is 0 Å². The second kappa shape index (κ2) is 5.64. The second-order valence-electron chi connectivity index (χ2n) is 4.56. The average molecular weight is 237 g/mol. The Kier molecular flexibility index (Phi) is 4.18. The number of hydrogen-bond donors (Lipinski definition) is 1. The van der Waals surface area contributed by atoms with E-state index in [1.165, 1.54) is 25.7 Å². The van der Waals surface area contributed by atoms with Crippen LogP contribution in [0.3, 0.4) is 0 Å². The topological polar surface area (TPSA) is 51.8 Å². The van der Waals surface area contributed by atoms with Gasteiger partial charge >= 0.3 is 0 Å². The van der Waals surface area contributed by atoms with Gasteiger partial charge in [-0.25, -0.2) is 4.98 Å². The van der Waals surface area contributed by atoms with E-state index < -0.39 is 0 Å². The van der Waals surface area contributed by atoms with E-state index in [0.29, 0.717) is 6.54 Å². The first-order valence-electron chi connectivity index (χ1n) is 5.95. The molecule has 0 aliphatic heterocycles. The van der Waals surface area contributed by atoms with Crippen LogP contribution in [-0.2, 0) is 6.54 Å². The SMILES string of the molecule is CC1CCCC(Sc2cnc(CN)cn2)C1. The van der Waals surface area contributed by atoms with E-state index >= 15 is 0 Å². The highest BCUT2D eigenvalue weighted by Gasteiger charge is 2.20. The number of nitrogens with zero attached hydrogens (tertiary/aromatic N) is 2. The zero-order valence-electron chi connectivity index (χ0n) is 9.72. The Morgan fingerprint density at radius 1 is 1.38 bits per heavy atom. The Labute approximate surface area is 101 Å². The van der Waals surface area contributed by atoms with Gasteiger partial charge < -0.3 is 5.73 Å². The molecule has 1 aromatic heterocycles. The predicted molar refractivity (Wildman–Crippen MR) is 67.2 cm³/mol. The Morgan fingerprint density at radius 2 is 2.25 bits per heavy atom. The number of hydrogen-bond acceptors (Lipinski definition) is 4. The molecule has 1 heterocycles. The van der Waals surface area contributed by atoms with Gasteiger partial charge in [0.25, 0.3) is 0 Å². The fourth-order valence-corrected chi connectivity index (χ4v) is 3.44. The lowest BCUT2D eigenvalue weighted by Crippen LogP contribution is -2.15. The van der Waals surface area contributed by atoms with Crippen molar-refractivity contribution in [3.05, 3.63) is 18.1 Å². The van der Waals surface area contributed by atoms with Crippen molar-refractivity contribution in [3.8, 4) is 0 Å². The van der Waals surface area contributed by atoms with Crippen molar-refractivity contribution in [1.82, 2.24) is 9.97 Å². The summed E-state index contributed by atoms with van der Waals surface area (Å²) in [6.07, 6.45) is 9.00. The molecule has 0 saturated heterocycles. The normalized spacial score (nSPS) is 25.6. The standard InChI is InChI=1S/C12H19N3S/c1-9-3-2-4-11(5-9)16-12-8-14-10(6-13)7-15-12/h7-9,11H,2-6,13H2,1H3. The summed E-state index contributed by atoms with van der Waals surface area (Å²) in [6.45, 7) is 2.81. The summed E-state index contributed by atoms with van der Waals surface area (Å²) in [5, 5.41) is 1.76. The number of rotatable bonds is 3. The fraction of sp³-hybridized carbons (Fsp3) is 0.667. The summed E-state index contributed by atoms with van der Waals surface area (Å²) in [5.41, 5.74) is 6.36. The maximum absolute atomic E-state index is 5.49. The van der Waals surface area contributed by atoms with E-state index in [9.17, 15) is 0 Å². The molecule has 0 spiro atoms. The molecule has 16 heavy (non-hydrogen) atoms. The fourth-order valence-electron chi connectivity index (χ4n) is 2.17. The van der Waals surface area contributed by atoms with Gasteiger partial charge in [0.1, 0.15) is 5.03 Å². The minimum absolute atomic E-state index is 0.471. The third-order valence-corrected chi connectivity index (χ3v) is 4.28. The molecule has 3 nitrogen and oxygen atoms in total. The summed E-state index contributed by atoms with van der Waals surface area (Å²) in [4.78, 5) is 8.66. The molecule has 2 N–H and O–H groups in total. The van der Waals surface area contributed by atoms with Crippen LogP contribution in [-0.4, -0.2) is 15.2 Å². The van der Waals surface area contributed by atoms with Crippen molar-refractivity contribution in [2.24, 2.45) is 11.7 Å². The summed E-state index contributed by atoms with van der Waals surface area (Å²) >= 11 is 1.87. The summed E-state index contributed by atoms with van der Waals surface area (Å²) in [5.74, 6) is 0.863. The number of nitrogens with two attached hydrogens (primary N) is 1. The molecule has 1 aliphatic carbocycles. The second-order valence-corrected chi connectivity index (χ2v) is 5.88. The molecule has 0 amide bonds. The molecule has 0 radical (unpaired) electrons. The summed E-state index contributed by atoms with van der Waals surface area (Å²) < 4.78 is 0. The lowest BCUT2D eigenvalue weighted by molar-refractivity contribution is 0.394. The molecule has 0 bridgehead atoms. The van der Waals surface area contributed by atoms with Gasteiger partial charge in [0.05, 0.1) is 18.1 Å². The van der Waals surface area contributed by atoms with Gasteiger partial charge in [-0.15, -0.1) is 11.8 Å². The monoisotopic (exact) mass is 237 g/mol. The molecule has 2 atom stereocenters. The molecular formula is C12H19N3S. The first-order chi connectivity index (χ1) is 7.78. The van der Waals surface area contributed by atoms with Gasteiger partial charge in [-0.1, -0.05) is 19.8 Å². The van der Waals surface area contributed by atoms with Gasteiger partial charge in [0.15, 0.2) is 0 Å². The van der Waals surface area contributed by atoms with Crippen LogP contribution in [0.25, 0.3) is 0 Å². The largest absolute Gasteiger partial charge is 0.325 e. The molecule has 4 heteroatoms. The van der Waals surface area contributed by atoms with Crippen molar-refractivity contribution < 1.29 is 0 Å². The Morgan fingerprint density at radius 3 is 2.88 bits per heavy atom. The molecule has 1 fully saturated rings. The zero-order valence-corrected chi connectivity index (χ0v) is 10.5. The van der Waals surface area contributed by atoms with Gasteiger partial charge in [-0.05, 0) is 18.8 Å². The van der Waals surface area contributed by atoms with E-state index in [-0.39, 0.29) is 0 Å². The van der Waals surface area contributed by atoms with Gasteiger partial charge in [0.2, 0.25) is 0 Å². The Hall–Kier alpha value is -0.610. The first kappa shape index (κ1) is 11.9. The molecule has 1 saturated carbocycles. The van der Waals surface area contributed by atoms with Gasteiger partial charge in [-0.2, -0.15) is 0 Å². The molecule has 2 unspecified atom stereocenters. The lowest BCUT2D eigenvalue weighted by Gasteiger charge is -2.25. The average Bonchev–Trinajstić information content (AvgIpc) is 2.30. The van der Waals surface area contributed by atoms with Crippen LogP contribution in [0, 0.1) is 5.92 Å². The molecule has 88 valence electrons. The quantitative estimate of drug-likeness (QED) is 0.878. The number of thioether (sulfide) groups is 1. The van der Waals surface area contributed by atoms with Gasteiger partial charge in [0, 0.05) is 11.8 Å². The van der Waals surface area contributed by atoms with Crippen molar-refractivity contribution in [2.45, 2.75) is 49.4 Å². The van der Waals surface area contributed by atoms with Crippen LogP contribution in [0.5, 0.6) is 0 Å². The molecular weight excluding hydrogens is 218 g/mol. The molecule has 2 rings (SSSR count). The molecule has 1 aromatic rings. The van der Waals surface area contributed by atoms with Gasteiger partial charge in [-0.3, -0.25) is 4.98 Å². The zero-order chi connectivity index (χ0) is 11.4. The smallest absolute Gasteiger partial charge is 0.115 e. The number of aromatic nitrogens is 2. The third-order valence-electron chi connectivity index (χ3n) is 3.07. The predicted octanol–water partition coefficient (Wildman–Crippen LogP) is 2.61. The van der Waals surface area contributed by atoms with Crippen LogP contribution in [0.15, 0.2) is 17.4 Å². The highest BCUT2D eigenvalue weighted by atomic mass is 32.2. The third kappa shape index (κ3) is 3.19. The lowest BCUT2D eigenvalue weighted by atomic mass is 9.91. The van der Waals surface area contributed by atoms with E-state index in [0.717, 1.165) is 21.9 Å². The highest BCUT2D eigenvalue weighted by molar-refractivity contribution is 7.99. The minimum Gasteiger partial charge on any atom is -0.325 e. The van der Waals surface area contributed by atoms with Crippen LogP contribution in [0.4, 0.5) is 0 Å².